The van der Waals surface area contributed by atoms with Crippen LogP contribution in [0.4, 0.5) is 23.1 Å². The molecule has 2 aromatic rings. The molecule has 0 fully saturated rings. The van der Waals surface area contributed by atoms with Crippen LogP contribution in [0.5, 0.6) is 5.75 Å². The van der Waals surface area contributed by atoms with Gasteiger partial charge in [-0.1, -0.05) is 0 Å². The number of anilines is 4. The number of nitrogens with one attached hydrogen (secondary N) is 1. The van der Waals surface area contributed by atoms with Gasteiger partial charge in [0.25, 0.3) is 0 Å². The Hall–Kier alpha value is -2.62. The minimum Gasteiger partial charge on any atom is -0.497 e. The summed E-state index contributed by atoms with van der Waals surface area (Å²) in [6, 6.07) is 7.28. The molecule has 0 aliphatic rings. The van der Waals surface area contributed by atoms with Gasteiger partial charge in [0.2, 0.25) is 5.95 Å². The highest BCUT2D eigenvalue weighted by molar-refractivity contribution is 5.70. The first-order valence-corrected chi connectivity index (χ1v) is 8.48. The van der Waals surface area contributed by atoms with E-state index in [0.29, 0.717) is 43.8 Å². The molecule has 26 heavy (non-hydrogen) atoms. The fraction of sp³-hybridized carbons (Fsp3) is 0.412. The van der Waals surface area contributed by atoms with Gasteiger partial charge in [0.1, 0.15) is 5.75 Å². The first kappa shape index (κ1) is 19.7. The van der Waals surface area contributed by atoms with Crippen molar-refractivity contribution in [1.29, 1.82) is 0 Å². The second-order valence-corrected chi connectivity index (χ2v) is 5.58. The van der Waals surface area contributed by atoms with Crippen LogP contribution in [-0.4, -0.2) is 43.4 Å². The van der Waals surface area contributed by atoms with Crippen LogP contribution in [0.25, 0.3) is 0 Å². The average Bonchev–Trinajstić information content (AvgIpc) is 2.68. The zero-order chi connectivity index (χ0) is 18.8. The Labute approximate surface area is 153 Å². The van der Waals surface area contributed by atoms with E-state index in [1.54, 1.807) is 7.11 Å². The van der Waals surface area contributed by atoms with Crippen molar-refractivity contribution in [2.75, 3.05) is 49.5 Å². The molecular weight excluding hydrogens is 334 g/mol. The van der Waals surface area contributed by atoms with E-state index >= 15 is 0 Å². The predicted molar refractivity (Wildman–Crippen MR) is 103 cm³/mol. The SMILES string of the molecule is COc1ccc(N(N)c2nc(NCCCOCCCN)ncc2N)cc1. The number of nitrogens with zero attached hydrogens (tertiary/aromatic N) is 3. The normalized spacial score (nSPS) is 10.6. The highest BCUT2D eigenvalue weighted by atomic mass is 16.5. The van der Waals surface area contributed by atoms with E-state index in [2.05, 4.69) is 15.3 Å². The molecule has 0 spiro atoms. The highest BCUT2D eigenvalue weighted by Gasteiger charge is 2.12. The molecule has 1 aromatic carbocycles. The van der Waals surface area contributed by atoms with Crippen molar-refractivity contribution in [3.8, 4) is 5.75 Å². The monoisotopic (exact) mass is 361 g/mol. The van der Waals surface area contributed by atoms with E-state index in [9.17, 15) is 0 Å². The highest BCUT2D eigenvalue weighted by Crippen LogP contribution is 2.27. The van der Waals surface area contributed by atoms with Crippen molar-refractivity contribution in [3.63, 3.8) is 0 Å². The van der Waals surface area contributed by atoms with Crippen molar-refractivity contribution >= 4 is 23.1 Å². The molecule has 0 bridgehead atoms. The quantitative estimate of drug-likeness (QED) is 0.264. The molecule has 1 aromatic heterocycles. The number of hydrogen-bond donors (Lipinski definition) is 4. The molecule has 0 aliphatic carbocycles. The van der Waals surface area contributed by atoms with E-state index in [1.165, 1.54) is 11.2 Å². The van der Waals surface area contributed by atoms with Crippen LogP contribution in [-0.2, 0) is 4.74 Å². The lowest BCUT2D eigenvalue weighted by molar-refractivity contribution is 0.133. The van der Waals surface area contributed by atoms with Gasteiger partial charge in [-0.25, -0.2) is 10.8 Å². The number of nitrogens with two attached hydrogens (primary N) is 3. The number of hydrogen-bond acceptors (Lipinski definition) is 9. The summed E-state index contributed by atoms with van der Waals surface area (Å²) in [5, 5.41) is 4.56. The van der Waals surface area contributed by atoms with Gasteiger partial charge >= 0.3 is 0 Å². The zero-order valence-corrected chi connectivity index (χ0v) is 15.0. The lowest BCUT2D eigenvalue weighted by Crippen LogP contribution is -2.27. The number of ether oxygens (including phenoxy) is 2. The van der Waals surface area contributed by atoms with Gasteiger partial charge in [0, 0.05) is 19.8 Å². The number of aromatic nitrogens is 2. The minimum atomic E-state index is 0.388. The Morgan fingerprint density at radius 1 is 1.15 bits per heavy atom. The van der Waals surface area contributed by atoms with E-state index in [-0.39, 0.29) is 0 Å². The second kappa shape index (κ2) is 10.4. The summed E-state index contributed by atoms with van der Waals surface area (Å²) in [5.41, 5.74) is 12.5. The fourth-order valence-corrected chi connectivity index (χ4v) is 2.19. The van der Waals surface area contributed by atoms with E-state index in [0.717, 1.165) is 24.3 Å². The summed E-state index contributed by atoms with van der Waals surface area (Å²) in [6.07, 6.45) is 3.24. The summed E-state index contributed by atoms with van der Waals surface area (Å²) in [5.74, 6) is 7.79. The van der Waals surface area contributed by atoms with Gasteiger partial charge in [-0.05, 0) is 43.7 Å². The Balaban J connectivity index is 1.93. The van der Waals surface area contributed by atoms with Crippen molar-refractivity contribution in [3.05, 3.63) is 30.5 Å². The number of hydrazine groups is 1. The van der Waals surface area contributed by atoms with Gasteiger partial charge in [-0.2, -0.15) is 4.98 Å². The molecule has 0 atom stereocenters. The molecule has 0 radical (unpaired) electrons. The summed E-state index contributed by atoms with van der Waals surface area (Å²) in [7, 11) is 1.61. The van der Waals surface area contributed by atoms with Gasteiger partial charge in [0.05, 0.1) is 24.7 Å². The number of benzene rings is 1. The Morgan fingerprint density at radius 3 is 2.58 bits per heavy atom. The topological polar surface area (TPSA) is 138 Å². The van der Waals surface area contributed by atoms with Crippen LogP contribution in [0.1, 0.15) is 12.8 Å². The van der Waals surface area contributed by atoms with Crippen LogP contribution in [0.15, 0.2) is 30.5 Å². The third-order valence-electron chi connectivity index (χ3n) is 3.62. The molecule has 9 heteroatoms. The number of nitrogen functional groups attached to an aromatic ring is 1. The Morgan fingerprint density at radius 2 is 1.88 bits per heavy atom. The number of methoxy groups -OCH3 is 1. The Bertz CT molecular complexity index is 667. The smallest absolute Gasteiger partial charge is 0.224 e. The maximum Gasteiger partial charge on any atom is 0.224 e. The summed E-state index contributed by atoms with van der Waals surface area (Å²) in [4.78, 5) is 8.59. The lowest BCUT2D eigenvalue weighted by atomic mass is 10.3. The van der Waals surface area contributed by atoms with E-state index in [4.69, 9.17) is 26.8 Å². The molecule has 0 amide bonds. The molecule has 142 valence electrons. The summed E-state index contributed by atoms with van der Waals surface area (Å²) < 4.78 is 10.6. The van der Waals surface area contributed by atoms with Gasteiger partial charge in [-0.15, -0.1) is 0 Å². The number of rotatable bonds is 11. The van der Waals surface area contributed by atoms with E-state index < -0.39 is 0 Å². The van der Waals surface area contributed by atoms with Crippen LogP contribution >= 0.6 is 0 Å². The first-order chi connectivity index (χ1) is 12.7. The first-order valence-electron chi connectivity index (χ1n) is 8.48. The van der Waals surface area contributed by atoms with Gasteiger partial charge in [0.15, 0.2) is 5.82 Å². The largest absolute Gasteiger partial charge is 0.497 e. The van der Waals surface area contributed by atoms with Crippen molar-refractivity contribution < 1.29 is 9.47 Å². The van der Waals surface area contributed by atoms with Crippen molar-refractivity contribution in [1.82, 2.24) is 9.97 Å². The molecule has 7 N–H and O–H groups in total. The van der Waals surface area contributed by atoms with Gasteiger partial charge in [-0.3, -0.25) is 5.01 Å². The van der Waals surface area contributed by atoms with Crippen molar-refractivity contribution in [2.24, 2.45) is 11.6 Å². The maximum absolute atomic E-state index is 6.16. The van der Waals surface area contributed by atoms with Crippen LogP contribution in [0.2, 0.25) is 0 Å². The molecule has 2 rings (SSSR count). The Kier molecular flexibility index (Phi) is 7.87. The van der Waals surface area contributed by atoms with Crippen LogP contribution < -0.4 is 32.4 Å². The molecule has 0 unspecified atom stereocenters. The maximum atomic E-state index is 6.16. The zero-order valence-electron chi connectivity index (χ0n) is 15.0. The standard InChI is InChI=1S/C17H27N7O2/c1-25-14-6-4-13(5-7-14)24(20)16-15(19)12-22-17(23-16)21-9-3-11-26-10-2-8-18/h4-7,12H,2-3,8-11,18-20H2,1H3,(H,21,22,23). The molecule has 0 saturated carbocycles. The minimum absolute atomic E-state index is 0.388. The summed E-state index contributed by atoms with van der Waals surface area (Å²) in [6.45, 7) is 2.66. The third kappa shape index (κ3) is 5.73. The fourth-order valence-electron chi connectivity index (χ4n) is 2.19. The molecule has 1 heterocycles. The molecular formula is C17H27N7O2. The third-order valence-corrected chi connectivity index (χ3v) is 3.62. The second-order valence-electron chi connectivity index (χ2n) is 5.58. The van der Waals surface area contributed by atoms with Gasteiger partial charge < -0.3 is 26.3 Å². The molecule has 0 aliphatic heterocycles. The van der Waals surface area contributed by atoms with E-state index in [1.807, 2.05) is 24.3 Å². The average molecular weight is 361 g/mol. The summed E-state index contributed by atoms with van der Waals surface area (Å²) >= 11 is 0. The van der Waals surface area contributed by atoms with Crippen LogP contribution in [0, 0.1) is 0 Å². The molecule has 9 nitrogen and oxygen atoms in total. The van der Waals surface area contributed by atoms with Crippen molar-refractivity contribution in [2.45, 2.75) is 12.8 Å². The predicted octanol–water partition coefficient (Wildman–Crippen LogP) is 1.25. The van der Waals surface area contributed by atoms with Crippen LogP contribution in [0.3, 0.4) is 0 Å². The molecule has 0 saturated heterocycles. The lowest BCUT2D eigenvalue weighted by Gasteiger charge is -2.20.